The van der Waals surface area contributed by atoms with Crippen LogP contribution in [0.1, 0.15) is 31.1 Å². The number of nitrogens with zero attached hydrogens (tertiary/aromatic N) is 1. The van der Waals surface area contributed by atoms with Crippen molar-refractivity contribution in [2.45, 2.75) is 32.9 Å². The second-order valence-electron chi connectivity index (χ2n) is 7.25. The molecule has 2 aromatic carbocycles. The van der Waals surface area contributed by atoms with Crippen molar-refractivity contribution in [3.63, 3.8) is 0 Å². The van der Waals surface area contributed by atoms with Crippen molar-refractivity contribution in [1.82, 2.24) is 9.88 Å². The molecule has 0 atom stereocenters. The largest absolute Gasteiger partial charge is 0.420 e. The molecule has 7 heteroatoms. The van der Waals surface area contributed by atoms with Gasteiger partial charge in [0.05, 0.1) is 5.52 Å². The Morgan fingerprint density at radius 1 is 1.04 bits per heavy atom. The van der Waals surface area contributed by atoms with Gasteiger partial charge >= 0.3 is 5.76 Å². The van der Waals surface area contributed by atoms with E-state index in [0.29, 0.717) is 22.4 Å². The van der Waals surface area contributed by atoms with Crippen LogP contribution in [-0.4, -0.2) is 21.9 Å². The summed E-state index contributed by atoms with van der Waals surface area (Å²) in [7, 11) is 0. The van der Waals surface area contributed by atoms with Gasteiger partial charge in [-0.05, 0) is 57.2 Å². The van der Waals surface area contributed by atoms with Crippen molar-refractivity contribution in [2.75, 3.05) is 5.32 Å². The van der Waals surface area contributed by atoms with Gasteiger partial charge in [0.15, 0.2) is 5.58 Å². The molecule has 0 saturated heterocycles. The molecule has 1 heterocycles. The second-order valence-corrected chi connectivity index (χ2v) is 7.25. The van der Waals surface area contributed by atoms with E-state index < -0.39 is 5.76 Å². The summed E-state index contributed by atoms with van der Waals surface area (Å²) >= 11 is 0. The molecule has 2 amide bonds. The summed E-state index contributed by atoms with van der Waals surface area (Å²) in [6.07, 6.45) is 0. The molecule has 0 fully saturated rings. The quantitative estimate of drug-likeness (QED) is 0.741. The van der Waals surface area contributed by atoms with Crippen molar-refractivity contribution < 1.29 is 14.0 Å². The second kappa shape index (κ2) is 7.11. The zero-order chi connectivity index (χ0) is 19.6. The van der Waals surface area contributed by atoms with E-state index in [-0.39, 0.29) is 23.9 Å². The van der Waals surface area contributed by atoms with Gasteiger partial charge in [-0.1, -0.05) is 12.1 Å². The molecule has 140 valence electrons. The maximum absolute atomic E-state index is 12.3. The Balaban J connectivity index is 1.68. The van der Waals surface area contributed by atoms with Crippen LogP contribution in [0, 0.1) is 0 Å². The molecule has 0 saturated carbocycles. The fourth-order valence-electron chi connectivity index (χ4n) is 2.63. The zero-order valence-corrected chi connectivity index (χ0v) is 15.4. The number of hydrogen-bond donors (Lipinski definition) is 2. The van der Waals surface area contributed by atoms with Crippen LogP contribution in [-0.2, 0) is 11.3 Å². The van der Waals surface area contributed by atoms with Gasteiger partial charge in [0.2, 0.25) is 5.91 Å². The standard InChI is InChI=1S/C20H21N3O4/c1-20(2,3)22-18(25)13-8-10-14(11-9-13)21-17(24)12-23-15-6-4-5-7-16(15)27-19(23)26/h4-11H,12H2,1-3H3,(H,21,24)(H,22,25). The van der Waals surface area contributed by atoms with Crippen LogP contribution in [0.3, 0.4) is 0 Å². The molecule has 0 bridgehead atoms. The number of nitrogens with one attached hydrogen (secondary N) is 2. The van der Waals surface area contributed by atoms with Crippen LogP contribution < -0.4 is 16.4 Å². The summed E-state index contributed by atoms with van der Waals surface area (Å²) in [4.78, 5) is 36.3. The minimum absolute atomic E-state index is 0.165. The van der Waals surface area contributed by atoms with Gasteiger partial charge in [-0.25, -0.2) is 4.79 Å². The molecule has 0 radical (unpaired) electrons. The molecule has 3 rings (SSSR count). The van der Waals surface area contributed by atoms with Crippen LogP contribution in [0.15, 0.2) is 57.7 Å². The van der Waals surface area contributed by atoms with Gasteiger partial charge in [0.1, 0.15) is 6.54 Å². The summed E-state index contributed by atoms with van der Waals surface area (Å²) in [6, 6.07) is 13.5. The molecule has 27 heavy (non-hydrogen) atoms. The maximum Gasteiger partial charge on any atom is 0.420 e. The first-order chi connectivity index (χ1) is 12.7. The minimum atomic E-state index is -0.583. The number of fused-ring (bicyclic) bond motifs is 1. The van der Waals surface area contributed by atoms with Crippen molar-refractivity contribution in [1.29, 1.82) is 0 Å². The van der Waals surface area contributed by atoms with Gasteiger partial charge in [0, 0.05) is 16.8 Å². The highest BCUT2D eigenvalue weighted by Gasteiger charge is 2.16. The Labute approximate surface area is 156 Å². The van der Waals surface area contributed by atoms with Gasteiger partial charge < -0.3 is 15.1 Å². The fraction of sp³-hybridized carbons (Fsp3) is 0.250. The Morgan fingerprint density at radius 3 is 2.37 bits per heavy atom. The lowest BCUT2D eigenvalue weighted by Gasteiger charge is -2.20. The first kappa shape index (κ1) is 18.4. The van der Waals surface area contributed by atoms with Crippen LogP contribution in [0.4, 0.5) is 5.69 Å². The highest BCUT2D eigenvalue weighted by Crippen LogP contribution is 2.13. The number of benzene rings is 2. The van der Waals surface area contributed by atoms with E-state index in [9.17, 15) is 14.4 Å². The number of carbonyl (C=O) groups is 2. The van der Waals surface area contributed by atoms with E-state index in [0.717, 1.165) is 0 Å². The third kappa shape index (κ3) is 4.44. The Morgan fingerprint density at radius 2 is 1.70 bits per heavy atom. The molecule has 7 nitrogen and oxygen atoms in total. The average molecular weight is 367 g/mol. The van der Waals surface area contributed by atoms with Gasteiger partial charge in [-0.2, -0.15) is 0 Å². The molecular weight excluding hydrogens is 346 g/mol. The maximum atomic E-state index is 12.3. The third-order valence-corrected chi connectivity index (χ3v) is 3.79. The Bertz CT molecular complexity index is 1040. The topological polar surface area (TPSA) is 93.3 Å². The highest BCUT2D eigenvalue weighted by atomic mass is 16.4. The molecular formula is C20H21N3O4. The lowest BCUT2D eigenvalue weighted by Crippen LogP contribution is -2.40. The summed E-state index contributed by atoms with van der Waals surface area (Å²) in [6.45, 7) is 5.55. The molecule has 0 aliphatic heterocycles. The molecule has 0 aliphatic rings. The summed E-state index contributed by atoms with van der Waals surface area (Å²) < 4.78 is 6.39. The normalized spacial score (nSPS) is 11.4. The van der Waals surface area contributed by atoms with E-state index in [1.54, 1.807) is 48.5 Å². The molecule has 2 N–H and O–H groups in total. The smallest absolute Gasteiger partial charge is 0.408 e. The van der Waals surface area contributed by atoms with E-state index in [4.69, 9.17) is 4.42 Å². The van der Waals surface area contributed by atoms with Gasteiger partial charge in [-0.15, -0.1) is 0 Å². The summed E-state index contributed by atoms with van der Waals surface area (Å²) in [5.74, 6) is -1.13. The third-order valence-electron chi connectivity index (χ3n) is 3.79. The van der Waals surface area contributed by atoms with Crippen molar-refractivity contribution in [2.24, 2.45) is 0 Å². The van der Waals surface area contributed by atoms with Crippen LogP contribution >= 0.6 is 0 Å². The summed E-state index contributed by atoms with van der Waals surface area (Å²) in [5, 5.41) is 5.59. The number of hydrogen-bond acceptors (Lipinski definition) is 4. The SMILES string of the molecule is CC(C)(C)NC(=O)c1ccc(NC(=O)Cn2c(=O)oc3ccccc32)cc1. The number of oxazole rings is 1. The minimum Gasteiger partial charge on any atom is -0.408 e. The average Bonchev–Trinajstić information content (AvgIpc) is 2.89. The first-order valence-electron chi connectivity index (χ1n) is 8.54. The van der Waals surface area contributed by atoms with E-state index in [1.807, 2.05) is 20.8 Å². The molecule has 0 unspecified atom stereocenters. The van der Waals surface area contributed by atoms with Crippen molar-refractivity contribution in [3.05, 3.63) is 64.6 Å². The summed E-state index contributed by atoms with van der Waals surface area (Å²) in [5.41, 5.74) is 1.70. The van der Waals surface area contributed by atoms with Gasteiger partial charge in [0.25, 0.3) is 5.91 Å². The number of amides is 2. The Hall–Kier alpha value is -3.35. The van der Waals surface area contributed by atoms with E-state index >= 15 is 0 Å². The van der Waals surface area contributed by atoms with Gasteiger partial charge in [-0.3, -0.25) is 14.2 Å². The number of carbonyl (C=O) groups excluding carboxylic acids is 2. The molecule has 1 aromatic heterocycles. The van der Waals surface area contributed by atoms with E-state index in [1.165, 1.54) is 4.57 Å². The van der Waals surface area contributed by atoms with Crippen molar-refractivity contribution >= 4 is 28.6 Å². The van der Waals surface area contributed by atoms with E-state index in [2.05, 4.69) is 10.6 Å². The number of aromatic nitrogens is 1. The lowest BCUT2D eigenvalue weighted by molar-refractivity contribution is -0.116. The van der Waals surface area contributed by atoms with Crippen molar-refractivity contribution in [3.8, 4) is 0 Å². The predicted octanol–water partition coefficient (Wildman–Crippen LogP) is 2.76. The predicted molar refractivity (Wildman–Crippen MR) is 103 cm³/mol. The molecule has 3 aromatic rings. The first-order valence-corrected chi connectivity index (χ1v) is 8.54. The monoisotopic (exact) mass is 367 g/mol. The number of para-hydroxylation sites is 2. The Kier molecular flexibility index (Phi) is 4.85. The fourth-order valence-corrected chi connectivity index (χ4v) is 2.63. The zero-order valence-electron chi connectivity index (χ0n) is 15.4. The molecule has 0 aliphatic carbocycles. The number of rotatable bonds is 4. The lowest BCUT2D eigenvalue weighted by atomic mass is 10.1. The molecule has 0 spiro atoms. The van der Waals surface area contributed by atoms with Crippen LogP contribution in [0.5, 0.6) is 0 Å². The van der Waals surface area contributed by atoms with Crippen LogP contribution in [0.2, 0.25) is 0 Å². The number of anilines is 1. The highest BCUT2D eigenvalue weighted by molar-refractivity contribution is 5.96. The van der Waals surface area contributed by atoms with Crippen LogP contribution in [0.25, 0.3) is 11.1 Å².